The average Bonchev–Trinajstić information content (AvgIpc) is 3.22. The lowest BCUT2D eigenvalue weighted by Gasteiger charge is -2.30. The maximum Gasteiger partial charge on any atom is 0.191 e. The smallest absolute Gasteiger partial charge is 0.191 e. The molecule has 2 aliphatic rings. The molecular weight excluding hydrogens is 381 g/mol. The third kappa shape index (κ3) is 6.87. The molecule has 3 nitrogen and oxygen atoms in total. The van der Waals surface area contributed by atoms with Gasteiger partial charge in [0.05, 0.1) is 0 Å². The van der Waals surface area contributed by atoms with Crippen LogP contribution in [0.1, 0.15) is 51.9 Å². The van der Waals surface area contributed by atoms with Crippen LogP contribution in [0, 0.1) is 5.92 Å². The maximum atomic E-state index is 4.36. The zero-order valence-electron chi connectivity index (χ0n) is 12.9. The Balaban J connectivity index is 0.00000200. The van der Waals surface area contributed by atoms with Crippen LogP contribution in [-0.4, -0.2) is 36.6 Å². The number of guanidine groups is 1. The first kappa shape index (κ1) is 18.4. The number of aliphatic imine (C=N–C) groups is 1. The normalized spacial score (nSPS) is 26.8. The summed E-state index contributed by atoms with van der Waals surface area (Å²) in [5.74, 6) is 3.24. The second kappa shape index (κ2) is 10.1. The van der Waals surface area contributed by atoms with Crippen molar-refractivity contribution in [1.82, 2.24) is 10.6 Å². The van der Waals surface area contributed by atoms with Crippen LogP contribution in [-0.2, 0) is 0 Å². The van der Waals surface area contributed by atoms with Gasteiger partial charge in [0, 0.05) is 24.9 Å². The zero-order chi connectivity index (χ0) is 13.5. The third-order valence-corrected chi connectivity index (χ3v) is 5.37. The molecule has 20 heavy (non-hydrogen) atoms. The first-order valence-electron chi connectivity index (χ1n) is 7.90. The third-order valence-electron chi connectivity index (χ3n) is 4.13. The van der Waals surface area contributed by atoms with Gasteiger partial charge in [0.25, 0.3) is 0 Å². The molecule has 0 aromatic heterocycles. The van der Waals surface area contributed by atoms with Crippen molar-refractivity contribution < 1.29 is 0 Å². The lowest BCUT2D eigenvalue weighted by atomic mass is 9.95. The van der Waals surface area contributed by atoms with E-state index in [4.69, 9.17) is 0 Å². The van der Waals surface area contributed by atoms with E-state index in [1.54, 1.807) is 0 Å². The van der Waals surface area contributed by atoms with Gasteiger partial charge in [0.1, 0.15) is 0 Å². The van der Waals surface area contributed by atoms with E-state index in [9.17, 15) is 0 Å². The predicted octanol–water partition coefficient (Wildman–Crippen LogP) is 3.63. The molecule has 0 bridgehead atoms. The number of hydrogen-bond acceptors (Lipinski definition) is 2. The van der Waals surface area contributed by atoms with Crippen LogP contribution in [0.5, 0.6) is 0 Å². The van der Waals surface area contributed by atoms with Gasteiger partial charge in [-0.25, -0.2) is 0 Å². The molecule has 118 valence electrons. The van der Waals surface area contributed by atoms with Crippen LogP contribution in [0.15, 0.2) is 4.99 Å². The molecule has 0 radical (unpaired) electrons. The lowest BCUT2D eigenvalue weighted by molar-refractivity contribution is 0.418. The fraction of sp³-hybridized carbons (Fsp3) is 0.933. The molecule has 0 spiro atoms. The largest absolute Gasteiger partial charge is 0.356 e. The molecular formula is C15H30IN3S. The van der Waals surface area contributed by atoms with Crippen molar-refractivity contribution in [2.24, 2.45) is 10.9 Å². The summed E-state index contributed by atoms with van der Waals surface area (Å²) in [5.41, 5.74) is 0. The molecule has 2 fully saturated rings. The van der Waals surface area contributed by atoms with Crippen molar-refractivity contribution in [1.29, 1.82) is 0 Å². The van der Waals surface area contributed by atoms with Crippen molar-refractivity contribution in [3.8, 4) is 0 Å². The number of thioether (sulfide) groups is 1. The Morgan fingerprint density at radius 2 is 2.05 bits per heavy atom. The van der Waals surface area contributed by atoms with Crippen LogP contribution in [0.25, 0.3) is 0 Å². The second-order valence-corrected chi connectivity index (χ2v) is 7.39. The van der Waals surface area contributed by atoms with Gasteiger partial charge in [0.2, 0.25) is 0 Å². The number of hydrogen-bond donors (Lipinski definition) is 2. The summed E-state index contributed by atoms with van der Waals surface area (Å²) < 4.78 is 0. The lowest BCUT2D eigenvalue weighted by Crippen LogP contribution is -2.46. The minimum absolute atomic E-state index is 0. The highest BCUT2D eigenvalue weighted by Crippen LogP contribution is 2.31. The highest BCUT2D eigenvalue weighted by Gasteiger charge is 2.23. The summed E-state index contributed by atoms with van der Waals surface area (Å²) in [4.78, 5) is 4.36. The Kier molecular flexibility index (Phi) is 9.33. The van der Waals surface area contributed by atoms with Crippen molar-refractivity contribution in [2.75, 3.05) is 19.3 Å². The summed E-state index contributed by atoms with van der Waals surface area (Å²) in [6, 6.07) is 0.616. The minimum Gasteiger partial charge on any atom is -0.356 e. The summed E-state index contributed by atoms with van der Waals surface area (Å²) in [6.45, 7) is 3.34. The van der Waals surface area contributed by atoms with E-state index in [0.29, 0.717) is 6.04 Å². The van der Waals surface area contributed by atoms with Crippen molar-refractivity contribution in [3.63, 3.8) is 0 Å². The number of nitrogens with one attached hydrogen (secondary N) is 2. The Bertz CT molecular complexity index is 293. The maximum absolute atomic E-state index is 4.36. The van der Waals surface area contributed by atoms with Gasteiger partial charge < -0.3 is 10.6 Å². The number of rotatable bonds is 6. The Morgan fingerprint density at radius 1 is 1.25 bits per heavy atom. The van der Waals surface area contributed by atoms with Gasteiger partial charge in [0.15, 0.2) is 5.96 Å². The van der Waals surface area contributed by atoms with Crippen LogP contribution in [0.3, 0.4) is 0 Å². The first-order valence-corrected chi connectivity index (χ1v) is 8.95. The van der Waals surface area contributed by atoms with E-state index in [1.807, 2.05) is 7.05 Å². The van der Waals surface area contributed by atoms with Gasteiger partial charge in [-0.3, -0.25) is 4.99 Å². The molecule has 0 amide bonds. The highest BCUT2D eigenvalue weighted by molar-refractivity contribution is 14.0. The van der Waals surface area contributed by atoms with E-state index < -0.39 is 0 Å². The first-order chi connectivity index (χ1) is 9.31. The van der Waals surface area contributed by atoms with Crippen molar-refractivity contribution in [3.05, 3.63) is 0 Å². The van der Waals surface area contributed by atoms with Gasteiger partial charge in [-0.15, -0.1) is 24.0 Å². The Labute approximate surface area is 145 Å². The fourth-order valence-electron chi connectivity index (χ4n) is 2.85. The molecule has 0 saturated heterocycles. The zero-order valence-corrected chi connectivity index (χ0v) is 16.0. The molecule has 0 aliphatic heterocycles. The molecule has 2 N–H and O–H groups in total. The number of nitrogens with zero attached hydrogens (tertiary/aromatic N) is 1. The average molecular weight is 411 g/mol. The van der Waals surface area contributed by atoms with Crippen molar-refractivity contribution >= 4 is 41.7 Å². The van der Waals surface area contributed by atoms with Crippen LogP contribution in [0.4, 0.5) is 0 Å². The SMILES string of the molecule is CCSC1CCCC(NC(=NC)NCCC2CC2)C1.I. The summed E-state index contributed by atoms with van der Waals surface area (Å²) in [5, 5.41) is 7.93. The number of halogens is 1. The molecule has 0 heterocycles. The molecule has 0 aromatic carbocycles. The molecule has 0 aromatic rings. The minimum atomic E-state index is 0. The summed E-state index contributed by atoms with van der Waals surface area (Å²) >= 11 is 2.12. The van der Waals surface area contributed by atoms with Gasteiger partial charge in [-0.05, 0) is 37.4 Å². The monoisotopic (exact) mass is 411 g/mol. The standard InChI is InChI=1S/C15H29N3S.HI/c1-3-19-14-6-4-5-13(11-14)18-15(16-2)17-10-9-12-7-8-12;/h12-14H,3-11H2,1-2H3,(H2,16,17,18);1H. The van der Waals surface area contributed by atoms with E-state index >= 15 is 0 Å². The van der Waals surface area contributed by atoms with Crippen molar-refractivity contribution in [2.45, 2.75) is 63.2 Å². The van der Waals surface area contributed by atoms with E-state index in [0.717, 1.165) is 23.7 Å². The van der Waals surface area contributed by atoms with Gasteiger partial charge in [-0.2, -0.15) is 11.8 Å². The quantitative estimate of drug-likeness (QED) is 0.398. The molecule has 2 atom stereocenters. The van der Waals surface area contributed by atoms with Crippen LogP contribution < -0.4 is 10.6 Å². The molecule has 2 unspecified atom stereocenters. The Morgan fingerprint density at radius 3 is 2.70 bits per heavy atom. The van der Waals surface area contributed by atoms with Gasteiger partial charge in [-0.1, -0.05) is 26.2 Å². The molecule has 2 aliphatic carbocycles. The van der Waals surface area contributed by atoms with Crippen LogP contribution >= 0.6 is 35.7 Å². The highest BCUT2D eigenvalue weighted by atomic mass is 127. The summed E-state index contributed by atoms with van der Waals surface area (Å²) in [7, 11) is 1.88. The summed E-state index contributed by atoms with van der Waals surface area (Å²) in [6.07, 6.45) is 9.52. The topological polar surface area (TPSA) is 36.4 Å². The van der Waals surface area contributed by atoms with Crippen LogP contribution in [0.2, 0.25) is 0 Å². The second-order valence-electron chi connectivity index (χ2n) is 5.82. The molecule has 2 saturated carbocycles. The molecule has 5 heteroatoms. The van der Waals surface area contributed by atoms with E-state index in [1.165, 1.54) is 50.7 Å². The van der Waals surface area contributed by atoms with Gasteiger partial charge >= 0.3 is 0 Å². The van der Waals surface area contributed by atoms with E-state index in [2.05, 4.69) is 34.3 Å². The van der Waals surface area contributed by atoms with E-state index in [-0.39, 0.29) is 24.0 Å². The predicted molar refractivity (Wildman–Crippen MR) is 101 cm³/mol. The molecule has 2 rings (SSSR count). The fourth-order valence-corrected chi connectivity index (χ4v) is 4.03. The Hall–Kier alpha value is 0.350.